The Morgan fingerprint density at radius 2 is 1.87 bits per heavy atom. The van der Waals surface area contributed by atoms with Crippen LogP contribution in [0.5, 0.6) is 5.75 Å². The van der Waals surface area contributed by atoms with Crippen LogP contribution < -0.4 is 9.64 Å². The van der Waals surface area contributed by atoms with Gasteiger partial charge in [0.2, 0.25) is 0 Å². The summed E-state index contributed by atoms with van der Waals surface area (Å²) in [7, 11) is -1.89. The molecule has 0 aliphatic carbocycles. The van der Waals surface area contributed by atoms with E-state index in [4.69, 9.17) is 9.84 Å². The van der Waals surface area contributed by atoms with Crippen LogP contribution in [0.1, 0.15) is 0 Å². The summed E-state index contributed by atoms with van der Waals surface area (Å²) in [5, 5.41) is 8.58. The molecule has 0 saturated carbocycles. The first kappa shape index (κ1) is 17.6. The van der Waals surface area contributed by atoms with E-state index >= 15 is 0 Å². The van der Waals surface area contributed by atoms with Gasteiger partial charge in [-0.05, 0) is 12.1 Å². The molecular formula is C15H22N2O5S. The molecule has 1 heterocycles. The number of anilines is 1. The molecule has 7 nitrogen and oxygen atoms in total. The number of rotatable bonds is 7. The molecule has 0 unspecified atom stereocenters. The summed E-state index contributed by atoms with van der Waals surface area (Å²) >= 11 is 0. The number of carboxylic acid groups (broad SMARTS) is 1. The number of aliphatic carboxylic acids is 1. The third-order valence-electron chi connectivity index (χ3n) is 3.86. The number of carbonyl (C=O) groups is 1. The summed E-state index contributed by atoms with van der Waals surface area (Å²) < 4.78 is 28.6. The van der Waals surface area contributed by atoms with Crippen LogP contribution in [0.25, 0.3) is 0 Å². The van der Waals surface area contributed by atoms with Gasteiger partial charge in [0, 0.05) is 32.7 Å². The van der Waals surface area contributed by atoms with Crippen molar-refractivity contribution in [2.24, 2.45) is 0 Å². The summed E-state index contributed by atoms with van der Waals surface area (Å²) in [6.07, 6.45) is 0. The fourth-order valence-corrected chi connectivity index (χ4v) is 3.69. The van der Waals surface area contributed by atoms with Gasteiger partial charge < -0.3 is 14.7 Å². The Morgan fingerprint density at radius 3 is 2.48 bits per heavy atom. The summed E-state index contributed by atoms with van der Waals surface area (Å²) in [6, 6.07) is 7.81. The van der Waals surface area contributed by atoms with Crippen molar-refractivity contribution in [1.82, 2.24) is 4.90 Å². The van der Waals surface area contributed by atoms with Crippen molar-refractivity contribution >= 4 is 21.5 Å². The van der Waals surface area contributed by atoms with Crippen molar-refractivity contribution in [3.05, 3.63) is 24.3 Å². The van der Waals surface area contributed by atoms with Gasteiger partial charge in [-0.25, -0.2) is 8.42 Å². The van der Waals surface area contributed by atoms with Crippen molar-refractivity contribution < 1.29 is 23.1 Å². The van der Waals surface area contributed by atoms with E-state index < -0.39 is 21.6 Å². The monoisotopic (exact) mass is 342 g/mol. The lowest BCUT2D eigenvalue weighted by Gasteiger charge is -2.36. The number of hydrogen-bond donors (Lipinski definition) is 1. The summed E-state index contributed by atoms with van der Waals surface area (Å²) in [5.74, 6) is -1.39. The van der Waals surface area contributed by atoms with Gasteiger partial charge in [-0.3, -0.25) is 9.69 Å². The lowest BCUT2D eigenvalue weighted by atomic mass is 10.2. The van der Waals surface area contributed by atoms with Crippen LogP contribution in [0.3, 0.4) is 0 Å². The average molecular weight is 342 g/mol. The summed E-state index contributed by atoms with van der Waals surface area (Å²) in [5.41, 5.74) is 1.04. The molecule has 0 spiro atoms. The van der Waals surface area contributed by atoms with Gasteiger partial charge in [0.05, 0.1) is 18.6 Å². The molecule has 128 valence electrons. The molecule has 1 aliphatic rings. The molecular weight excluding hydrogens is 320 g/mol. The topological polar surface area (TPSA) is 87.2 Å². The molecule has 23 heavy (non-hydrogen) atoms. The highest BCUT2D eigenvalue weighted by Gasteiger charge is 2.22. The number of piperazine rings is 1. The first-order valence-electron chi connectivity index (χ1n) is 7.44. The molecule has 0 atom stereocenters. The first-order valence-corrected chi connectivity index (χ1v) is 9.26. The number of ether oxygens (including phenoxy) is 1. The molecule has 1 N–H and O–H groups in total. The van der Waals surface area contributed by atoms with Crippen LogP contribution in [0, 0.1) is 0 Å². The maximum absolute atomic E-state index is 11.6. The van der Waals surface area contributed by atoms with Crippen LogP contribution >= 0.6 is 0 Å². The standard InChI is InChI=1S/C15H22N2O5S/c1-22-14-5-3-2-4-13(14)17-8-6-16(7-9-17)10-11-23(20,21)12-15(18)19/h2-5H,6-12H2,1H3,(H,18,19). The molecule has 1 aromatic carbocycles. The molecule has 0 amide bonds. The Kier molecular flexibility index (Phi) is 5.84. The Labute approximate surface area is 136 Å². The number of para-hydroxylation sites is 2. The number of sulfone groups is 1. The van der Waals surface area contributed by atoms with Crippen molar-refractivity contribution in [1.29, 1.82) is 0 Å². The Morgan fingerprint density at radius 1 is 1.22 bits per heavy atom. The molecule has 1 saturated heterocycles. The number of methoxy groups -OCH3 is 1. The van der Waals surface area contributed by atoms with E-state index in [1.165, 1.54) is 0 Å². The molecule has 0 radical (unpaired) electrons. The molecule has 0 aromatic heterocycles. The molecule has 2 rings (SSSR count). The third-order valence-corrected chi connectivity index (χ3v) is 5.35. The van der Waals surface area contributed by atoms with Crippen molar-refractivity contribution in [3.63, 3.8) is 0 Å². The molecule has 1 fully saturated rings. The zero-order valence-corrected chi connectivity index (χ0v) is 14.0. The normalized spacial score (nSPS) is 16.3. The zero-order valence-electron chi connectivity index (χ0n) is 13.1. The highest BCUT2D eigenvalue weighted by molar-refractivity contribution is 7.92. The van der Waals surface area contributed by atoms with E-state index in [1.807, 2.05) is 29.2 Å². The highest BCUT2D eigenvalue weighted by Crippen LogP contribution is 2.28. The second kappa shape index (κ2) is 7.65. The SMILES string of the molecule is COc1ccccc1N1CCN(CCS(=O)(=O)CC(=O)O)CC1. The number of carboxylic acids is 1. The van der Waals surface area contributed by atoms with Crippen LogP contribution in [0.4, 0.5) is 5.69 Å². The maximum Gasteiger partial charge on any atom is 0.318 e. The fraction of sp³-hybridized carbons (Fsp3) is 0.533. The fourth-order valence-electron chi connectivity index (χ4n) is 2.63. The minimum absolute atomic E-state index is 0.117. The number of nitrogens with zero attached hydrogens (tertiary/aromatic N) is 2. The molecule has 8 heteroatoms. The quantitative estimate of drug-likeness (QED) is 0.763. The van der Waals surface area contributed by atoms with Gasteiger partial charge in [0.1, 0.15) is 11.5 Å². The zero-order chi connectivity index (χ0) is 16.9. The largest absolute Gasteiger partial charge is 0.495 e. The van der Waals surface area contributed by atoms with Crippen LogP contribution in [0.15, 0.2) is 24.3 Å². The number of benzene rings is 1. The Balaban J connectivity index is 1.86. The Bertz CT molecular complexity index is 639. The van der Waals surface area contributed by atoms with Gasteiger partial charge in [0.15, 0.2) is 9.84 Å². The first-order chi connectivity index (χ1) is 10.9. The maximum atomic E-state index is 11.6. The Hall–Kier alpha value is -1.80. The van der Waals surface area contributed by atoms with E-state index in [1.54, 1.807) is 7.11 Å². The van der Waals surface area contributed by atoms with E-state index in [0.717, 1.165) is 37.6 Å². The van der Waals surface area contributed by atoms with Gasteiger partial charge in [-0.2, -0.15) is 0 Å². The second-order valence-electron chi connectivity index (χ2n) is 5.49. The van der Waals surface area contributed by atoms with Crippen LogP contribution in [-0.4, -0.2) is 75.7 Å². The molecule has 1 aliphatic heterocycles. The van der Waals surface area contributed by atoms with E-state index in [2.05, 4.69) is 4.90 Å². The smallest absolute Gasteiger partial charge is 0.318 e. The average Bonchev–Trinajstić information content (AvgIpc) is 2.52. The highest BCUT2D eigenvalue weighted by atomic mass is 32.2. The van der Waals surface area contributed by atoms with Crippen LogP contribution in [-0.2, 0) is 14.6 Å². The minimum Gasteiger partial charge on any atom is -0.495 e. The molecule has 1 aromatic rings. The van der Waals surface area contributed by atoms with Gasteiger partial charge >= 0.3 is 5.97 Å². The number of hydrogen-bond acceptors (Lipinski definition) is 6. The van der Waals surface area contributed by atoms with Crippen molar-refractivity contribution in [3.8, 4) is 5.75 Å². The molecule has 0 bridgehead atoms. The van der Waals surface area contributed by atoms with Crippen LogP contribution in [0.2, 0.25) is 0 Å². The van der Waals surface area contributed by atoms with Gasteiger partial charge in [0.25, 0.3) is 0 Å². The summed E-state index contributed by atoms with van der Waals surface area (Å²) in [6.45, 7) is 3.40. The van der Waals surface area contributed by atoms with E-state index in [-0.39, 0.29) is 5.75 Å². The van der Waals surface area contributed by atoms with Gasteiger partial charge in [-0.15, -0.1) is 0 Å². The lowest BCUT2D eigenvalue weighted by molar-refractivity contribution is -0.134. The second-order valence-corrected chi connectivity index (χ2v) is 7.67. The lowest BCUT2D eigenvalue weighted by Crippen LogP contribution is -2.47. The van der Waals surface area contributed by atoms with E-state index in [9.17, 15) is 13.2 Å². The predicted molar refractivity (Wildman–Crippen MR) is 87.9 cm³/mol. The van der Waals surface area contributed by atoms with Crippen molar-refractivity contribution in [2.45, 2.75) is 0 Å². The van der Waals surface area contributed by atoms with E-state index in [0.29, 0.717) is 6.54 Å². The summed E-state index contributed by atoms with van der Waals surface area (Å²) in [4.78, 5) is 14.8. The predicted octanol–water partition coefficient (Wildman–Crippen LogP) is 0.317. The third kappa shape index (κ3) is 5.11. The van der Waals surface area contributed by atoms with Gasteiger partial charge in [-0.1, -0.05) is 12.1 Å². The van der Waals surface area contributed by atoms with Crippen molar-refractivity contribution in [2.75, 3.05) is 56.2 Å². The minimum atomic E-state index is -3.53.